The first kappa shape index (κ1) is 22.3. The zero-order valence-corrected chi connectivity index (χ0v) is 20.0. The number of fused-ring (bicyclic) bond motifs is 1. The number of aryl methyl sites for hydroxylation is 3. The Morgan fingerprint density at radius 2 is 1.97 bits per heavy atom. The molecule has 0 aliphatic carbocycles. The van der Waals surface area contributed by atoms with Gasteiger partial charge < -0.3 is 15.5 Å². The van der Waals surface area contributed by atoms with E-state index in [1.54, 1.807) is 0 Å². The number of likely N-dealkylation sites (tertiary alicyclic amines) is 1. The fourth-order valence-corrected chi connectivity index (χ4v) is 4.93. The number of aromatic nitrogens is 7. The minimum absolute atomic E-state index is 0.131. The number of anilines is 1. The summed E-state index contributed by atoms with van der Waals surface area (Å²) in [7, 11) is 0. The van der Waals surface area contributed by atoms with Crippen LogP contribution >= 0.6 is 0 Å². The molecule has 3 aromatic heterocycles. The third kappa shape index (κ3) is 4.35. The number of rotatable bonds is 3. The quantitative estimate of drug-likeness (QED) is 0.540. The molecule has 4 N–H and O–H groups in total. The third-order valence-electron chi connectivity index (χ3n) is 6.57. The molecule has 2 aliphatic heterocycles. The van der Waals surface area contributed by atoms with Crippen molar-refractivity contribution in [1.82, 2.24) is 39.9 Å². The molecule has 11 nitrogen and oxygen atoms in total. The van der Waals surface area contributed by atoms with Gasteiger partial charge in [-0.05, 0) is 52.5 Å². The van der Waals surface area contributed by atoms with Crippen LogP contribution in [-0.2, 0) is 0 Å². The first-order chi connectivity index (χ1) is 16.4. The van der Waals surface area contributed by atoms with Gasteiger partial charge in [-0.2, -0.15) is 5.10 Å². The smallest absolute Gasteiger partial charge is 0.294 e. The van der Waals surface area contributed by atoms with E-state index < -0.39 is 0 Å². The van der Waals surface area contributed by atoms with Crippen LogP contribution in [0.4, 0.5) is 5.82 Å². The minimum Gasteiger partial charge on any atom is -0.355 e. The number of piperidine rings is 1. The predicted octanol–water partition coefficient (Wildman–Crippen LogP) is 2.13. The second-order valence-electron chi connectivity index (χ2n) is 9.38. The van der Waals surface area contributed by atoms with Gasteiger partial charge in [0.15, 0.2) is 5.65 Å². The Kier molecular flexibility index (Phi) is 5.94. The Hall–Kier alpha value is -3.47. The number of aromatic amines is 2. The molecular formula is C23H32N10O. The third-order valence-corrected chi connectivity index (χ3v) is 6.57. The van der Waals surface area contributed by atoms with Crippen LogP contribution in [-0.4, -0.2) is 71.5 Å². The van der Waals surface area contributed by atoms with Gasteiger partial charge in [-0.3, -0.25) is 9.89 Å². The molecule has 2 fully saturated rings. The van der Waals surface area contributed by atoms with Crippen molar-refractivity contribution in [1.29, 1.82) is 0 Å². The average molecular weight is 465 g/mol. The number of amides is 1. The van der Waals surface area contributed by atoms with E-state index in [0.717, 1.165) is 67.2 Å². The van der Waals surface area contributed by atoms with Crippen LogP contribution in [0.5, 0.6) is 0 Å². The topological polar surface area (TPSA) is 137 Å². The summed E-state index contributed by atoms with van der Waals surface area (Å²) in [6.45, 7) is 8.17. The van der Waals surface area contributed by atoms with Crippen LogP contribution in [0.15, 0.2) is 18.3 Å². The Morgan fingerprint density at radius 1 is 1.12 bits per heavy atom. The van der Waals surface area contributed by atoms with Gasteiger partial charge in [0.25, 0.3) is 5.91 Å². The lowest BCUT2D eigenvalue weighted by Gasteiger charge is -2.34. The van der Waals surface area contributed by atoms with Crippen LogP contribution in [0.2, 0.25) is 0 Å². The minimum atomic E-state index is -0.209. The van der Waals surface area contributed by atoms with Gasteiger partial charge in [-0.25, -0.2) is 19.7 Å². The molecule has 0 radical (unpaired) electrons. The number of carbonyl (C=O) groups excluding carboxylic acids is 1. The molecule has 2 atom stereocenters. The van der Waals surface area contributed by atoms with Crippen LogP contribution in [0, 0.1) is 20.8 Å². The predicted molar refractivity (Wildman–Crippen MR) is 128 cm³/mol. The Labute approximate surface area is 198 Å². The van der Waals surface area contributed by atoms with Crippen molar-refractivity contribution in [2.24, 2.45) is 5.73 Å². The summed E-state index contributed by atoms with van der Waals surface area (Å²) in [5, 5.41) is 14.7. The van der Waals surface area contributed by atoms with E-state index in [-0.39, 0.29) is 23.8 Å². The number of hydrogen-bond acceptors (Lipinski definition) is 7. The molecule has 1 amide bonds. The van der Waals surface area contributed by atoms with Gasteiger partial charge in [-0.15, -0.1) is 5.10 Å². The molecule has 0 spiro atoms. The lowest BCUT2D eigenvalue weighted by molar-refractivity contribution is 0.0591. The SMILES string of the molecule is Cc1cc(C)[nH][nH]nc(C(=O)N2CCCC[C@H]2c2cc3nc(N4CC[C@H](N)C4)c(C)cn3n2)n1. The van der Waals surface area contributed by atoms with Crippen LogP contribution in [0.25, 0.3) is 5.65 Å². The van der Waals surface area contributed by atoms with Gasteiger partial charge >= 0.3 is 0 Å². The van der Waals surface area contributed by atoms with Gasteiger partial charge in [0.05, 0.1) is 11.7 Å². The van der Waals surface area contributed by atoms with Gasteiger partial charge in [0.2, 0.25) is 5.82 Å². The largest absolute Gasteiger partial charge is 0.355 e. The molecule has 11 heteroatoms. The number of nitrogens with zero attached hydrogens (tertiary/aromatic N) is 7. The van der Waals surface area contributed by atoms with Crippen molar-refractivity contribution in [3.05, 3.63) is 46.8 Å². The first-order valence-electron chi connectivity index (χ1n) is 11.9. The summed E-state index contributed by atoms with van der Waals surface area (Å²) in [5.74, 6) is 0.879. The van der Waals surface area contributed by atoms with Crippen molar-refractivity contribution >= 4 is 17.4 Å². The van der Waals surface area contributed by atoms with Crippen molar-refractivity contribution in [2.75, 3.05) is 24.5 Å². The molecule has 0 saturated carbocycles. The van der Waals surface area contributed by atoms with Gasteiger partial charge in [0.1, 0.15) is 5.82 Å². The fraction of sp³-hybridized carbons (Fsp3) is 0.522. The van der Waals surface area contributed by atoms with Crippen LogP contribution in [0.3, 0.4) is 0 Å². The molecule has 0 unspecified atom stereocenters. The summed E-state index contributed by atoms with van der Waals surface area (Å²) in [4.78, 5) is 26.9. The zero-order valence-electron chi connectivity index (χ0n) is 20.0. The highest BCUT2D eigenvalue weighted by Crippen LogP contribution is 2.32. The molecule has 3 aromatic rings. The summed E-state index contributed by atoms with van der Waals surface area (Å²) in [6, 6.07) is 3.89. The maximum Gasteiger partial charge on any atom is 0.294 e. The number of hydrogen-bond donors (Lipinski definition) is 3. The maximum atomic E-state index is 13.5. The molecule has 0 bridgehead atoms. The second kappa shape index (κ2) is 9.05. The van der Waals surface area contributed by atoms with E-state index in [1.807, 2.05) is 48.5 Å². The Morgan fingerprint density at radius 3 is 2.76 bits per heavy atom. The summed E-state index contributed by atoms with van der Waals surface area (Å²) in [6.07, 6.45) is 5.79. The van der Waals surface area contributed by atoms with Gasteiger partial charge in [0, 0.05) is 54.9 Å². The Balaban J connectivity index is 1.47. The number of nitrogens with one attached hydrogen (secondary N) is 2. The molecule has 5 heterocycles. The zero-order chi connectivity index (χ0) is 23.8. The van der Waals surface area contributed by atoms with Crippen LogP contribution < -0.4 is 10.6 Å². The number of nitrogens with two attached hydrogens (primary N) is 1. The second-order valence-corrected chi connectivity index (χ2v) is 9.38. The lowest BCUT2D eigenvalue weighted by Crippen LogP contribution is -2.39. The molecule has 34 heavy (non-hydrogen) atoms. The summed E-state index contributed by atoms with van der Waals surface area (Å²) >= 11 is 0. The van der Waals surface area contributed by atoms with E-state index in [4.69, 9.17) is 15.8 Å². The van der Waals surface area contributed by atoms with Crippen molar-refractivity contribution < 1.29 is 4.79 Å². The highest BCUT2D eigenvalue weighted by Gasteiger charge is 2.32. The number of carbonyl (C=O) groups is 1. The molecule has 2 aliphatic rings. The highest BCUT2D eigenvalue weighted by atomic mass is 16.2. The normalized spacial score (nSPS) is 20.7. The molecule has 180 valence electrons. The van der Waals surface area contributed by atoms with E-state index in [0.29, 0.717) is 12.2 Å². The molecule has 5 rings (SSSR count). The summed E-state index contributed by atoms with van der Waals surface area (Å²) in [5.41, 5.74) is 10.4. The maximum absolute atomic E-state index is 13.5. The average Bonchev–Trinajstić information content (AvgIpc) is 3.41. The highest BCUT2D eigenvalue weighted by molar-refractivity contribution is 5.90. The van der Waals surface area contributed by atoms with Gasteiger partial charge in [-0.1, -0.05) is 0 Å². The standard InChI is InChI=1S/C23H32N10O/c1-14-12-33-20(26-22(14)31-9-7-17(24)13-31)11-18(29-33)19-6-4-5-8-32(19)23(34)21-25-15(2)10-16(3)27-30-28-21/h10-12,17,19,27,30H,4-9,13,24H2,1-3H3/t17-,19-/m0/s1. The molecule has 2 saturated heterocycles. The van der Waals surface area contributed by atoms with E-state index in [9.17, 15) is 4.79 Å². The van der Waals surface area contributed by atoms with Crippen LogP contribution in [0.1, 0.15) is 65.0 Å². The van der Waals surface area contributed by atoms with Crippen molar-refractivity contribution in [2.45, 2.75) is 58.5 Å². The van der Waals surface area contributed by atoms with E-state index in [2.05, 4.69) is 25.3 Å². The fourth-order valence-electron chi connectivity index (χ4n) is 4.93. The summed E-state index contributed by atoms with van der Waals surface area (Å²) < 4.78 is 1.82. The number of H-pyrrole nitrogens is 2. The van der Waals surface area contributed by atoms with Crippen molar-refractivity contribution in [3.63, 3.8) is 0 Å². The first-order valence-corrected chi connectivity index (χ1v) is 11.9. The molecular weight excluding hydrogens is 432 g/mol. The molecule has 0 aromatic carbocycles. The van der Waals surface area contributed by atoms with Crippen molar-refractivity contribution in [3.8, 4) is 0 Å². The lowest BCUT2D eigenvalue weighted by atomic mass is 9.99. The van der Waals surface area contributed by atoms with E-state index >= 15 is 0 Å². The Bertz CT molecular complexity index is 1260. The monoisotopic (exact) mass is 464 g/mol. The van der Waals surface area contributed by atoms with E-state index in [1.165, 1.54) is 0 Å².